The number of nitrogens with zero attached hydrogens (tertiary/aromatic N) is 1. The van der Waals surface area contributed by atoms with E-state index in [-0.39, 0.29) is 25.5 Å². The summed E-state index contributed by atoms with van der Waals surface area (Å²) in [5, 5.41) is 10.8. The van der Waals surface area contributed by atoms with Gasteiger partial charge in [0.25, 0.3) is 0 Å². The van der Waals surface area contributed by atoms with Crippen LogP contribution in [0, 0.1) is 5.92 Å². The molecule has 1 fully saturated rings. The third-order valence-corrected chi connectivity index (χ3v) is 3.36. The second-order valence-corrected chi connectivity index (χ2v) is 4.92. The van der Waals surface area contributed by atoms with E-state index in [0.717, 1.165) is 25.9 Å². The van der Waals surface area contributed by atoms with E-state index in [2.05, 4.69) is 10.1 Å². The molecule has 0 bridgehead atoms. The summed E-state index contributed by atoms with van der Waals surface area (Å²) in [5.74, 6) is -0.718. The summed E-state index contributed by atoms with van der Waals surface area (Å²) in [4.78, 5) is 35.1. The Balaban J connectivity index is 2.20. The van der Waals surface area contributed by atoms with Crippen molar-refractivity contribution in [1.29, 1.82) is 0 Å². The van der Waals surface area contributed by atoms with Crippen molar-refractivity contribution in [3.05, 3.63) is 0 Å². The SMILES string of the molecule is CCOC(=O)NC(=O)CN1CCC(CCC(=O)O)CC1. The number of carboxylic acids is 1. The van der Waals surface area contributed by atoms with Crippen LogP contribution < -0.4 is 5.32 Å². The lowest BCUT2D eigenvalue weighted by Crippen LogP contribution is -2.43. The van der Waals surface area contributed by atoms with Crippen LogP contribution in [0.1, 0.15) is 32.6 Å². The fraction of sp³-hybridized carbons (Fsp3) is 0.769. The normalized spacial score (nSPS) is 16.6. The Hall–Kier alpha value is -1.63. The number of carboxylic acid groups (broad SMARTS) is 1. The standard InChI is InChI=1S/C13H22N2O5/c1-2-20-13(19)14-11(16)9-15-7-5-10(6-8-15)3-4-12(17)18/h10H,2-9H2,1H3,(H,17,18)(H,14,16,19). The number of nitrogens with one attached hydrogen (secondary N) is 1. The van der Waals surface area contributed by atoms with E-state index in [1.54, 1.807) is 6.92 Å². The summed E-state index contributed by atoms with van der Waals surface area (Å²) < 4.78 is 4.63. The maximum atomic E-state index is 11.6. The van der Waals surface area contributed by atoms with Crippen LogP contribution in [0.4, 0.5) is 4.79 Å². The third-order valence-electron chi connectivity index (χ3n) is 3.36. The number of aliphatic carboxylic acids is 1. The van der Waals surface area contributed by atoms with Gasteiger partial charge in [0.1, 0.15) is 0 Å². The maximum absolute atomic E-state index is 11.6. The van der Waals surface area contributed by atoms with Gasteiger partial charge in [0.05, 0.1) is 13.2 Å². The van der Waals surface area contributed by atoms with Gasteiger partial charge in [-0.25, -0.2) is 4.79 Å². The van der Waals surface area contributed by atoms with Crippen molar-refractivity contribution in [3.8, 4) is 0 Å². The number of likely N-dealkylation sites (tertiary alicyclic amines) is 1. The van der Waals surface area contributed by atoms with Gasteiger partial charge in [0, 0.05) is 6.42 Å². The highest BCUT2D eigenvalue weighted by atomic mass is 16.5. The minimum Gasteiger partial charge on any atom is -0.481 e. The first-order valence-corrected chi connectivity index (χ1v) is 6.92. The molecule has 2 N–H and O–H groups in total. The number of carbonyl (C=O) groups excluding carboxylic acids is 2. The molecule has 1 aliphatic heterocycles. The molecule has 0 aromatic carbocycles. The van der Waals surface area contributed by atoms with E-state index < -0.39 is 12.1 Å². The molecule has 0 aromatic rings. The first-order valence-electron chi connectivity index (χ1n) is 6.92. The molecule has 0 aliphatic carbocycles. The Bertz CT molecular complexity index is 351. The molecular weight excluding hydrogens is 264 g/mol. The van der Waals surface area contributed by atoms with Crippen LogP contribution in [0.15, 0.2) is 0 Å². The van der Waals surface area contributed by atoms with Gasteiger partial charge >= 0.3 is 12.1 Å². The maximum Gasteiger partial charge on any atom is 0.413 e. The molecule has 1 heterocycles. The van der Waals surface area contributed by atoms with Crippen LogP contribution in [-0.4, -0.2) is 54.2 Å². The molecule has 20 heavy (non-hydrogen) atoms. The molecule has 7 nitrogen and oxygen atoms in total. The van der Waals surface area contributed by atoms with Crippen LogP contribution >= 0.6 is 0 Å². The molecule has 0 radical (unpaired) electrons. The molecule has 1 rings (SSSR count). The van der Waals surface area contributed by atoms with Crippen LogP contribution in [0.3, 0.4) is 0 Å². The Morgan fingerprint density at radius 1 is 1.30 bits per heavy atom. The highest BCUT2D eigenvalue weighted by Crippen LogP contribution is 2.21. The van der Waals surface area contributed by atoms with E-state index >= 15 is 0 Å². The smallest absolute Gasteiger partial charge is 0.413 e. The molecule has 1 saturated heterocycles. The lowest BCUT2D eigenvalue weighted by molar-refractivity contribution is -0.137. The van der Waals surface area contributed by atoms with Gasteiger partial charge in [-0.3, -0.25) is 19.8 Å². The molecule has 0 atom stereocenters. The van der Waals surface area contributed by atoms with E-state index in [9.17, 15) is 14.4 Å². The highest BCUT2D eigenvalue weighted by molar-refractivity contribution is 5.92. The van der Waals surface area contributed by atoms with Crippen molar-refractivity contribution in [2.45, 2.75) is 32.6 Å². The number of hydrogen-bond donors (Lipinski definition) is 2. The number of amides is 2. The number of ether oxygens (including phenoxy) is 1. The van der Waals surface area contributed by atoms with E-state index in [1.807, 2.05) is 4.90 Å². The van der Waals surface area contributed by atoms with E-state index in [4.69, 9.17) is 5.11 Å². The van der Waals surface area contributed by atoms with Gasteiger partial charge in [0.2, 0.25) is 5.91 Å². The Morgan fingerprint density at radius 3 is 2.50 bits per heavy atom. The van der Waals surface area contributed by atoms with Crippen molar-refractivity contribution >= 4 is 18.0 Å². The highest BCUT2D eigenvalue weighted by Gasteiger charge is 2.21. The Labute approximate surface area is 118 Å². The first-order chi connectivity index (χ1) is 9.51. The monoisotopic (exact) mass is 286 g/mol. The number of hydrogen-bond acceptors (Lipinski definition) is 5. The van der Waals surface area contributed by atoms with Crippen LogP contribution in [0.2, 0.25) is 0 Å². The third kappa shape index (κ3) is 6.51. The summed E-state index contributed by atoms with van der Waals surface area (Å²) in [6.07, 6.45) is 1.96. The molecular formula is C13H22N2O5. The zero-order valence-corrected chi connectivity index (χ0v) is 11.8. The van der Waals surface area contributed by atoms with Gasteiger partial charge in [-0.05, 0) is 45.2 Å². The summed E-state index contributed by atoms with van der Waals surface area (Å²) in [6.45, 7) is 3.57. The fourth-order valence-corrected chi connectivity index (χ4v) is 2.28. The van der Waals surface area contributed by atoms with Crippen LogP contribution in [0.5, 0.6) is 0 Å². The van der Waals surface area contributed by atoms with Gasteiger partial charge in [-0.1, -0.05) is 0 Å². The number of carbonyl (C=O) groups is 3. The minimum atomic E-state index is -0.763. The Morgan fingerprint density at radius 2 is 1.95 bits per heavy atom. The molecule has 0 aromatic heterocycles. The van der Waals surface area contributed by atoms with Crippen molar-refractivity contribution < 1.29 is 24.2 Å². The predicted molar refractivity (Wildman–Crippen MR) is 71.2 cm³/mol. The van der Waals surface area contributed by atoms with E-state index in [1.165, 1.54) is 0 Å². The number of piperidine rings is 1. The molecule has 0 spiro atoms. The average Bonchev–Trinajstić information content (AvgIpc) is 2.37. The largest absolute Gasteiger partial charge is 0.481 e. The minimum absolute atomic E-state index is 0.171. The second-order valence-electron chi connectivity index (χ2n) is 4.92. The quantitative estimate of drug-likeness (QED) is 0.751. The van der Waals surface area contributed by atoms with Gasteiger partial charge < -0.3 is 9.84 Å². The molecule has 0 unspecified atom stereocenters. The van der Waals surface area contributed by atoms with Gasteiger partial charge in [0.15, 0.2) is 0 Å². The lowest BCUT2D eigenvalue weighted by Gasteiger charge is -2.31. The van der Waals surface area contributed by atoms with Gasteiger partial charge in [-0.2, -0.15) is 0 Å². The Kier molecular flexibility index (Phi) is 7.00. The fourth-order valence-electron chi connectivity index (χ4n) is 2.28. The zero-order valence-electron chi connectivity index (χ0n) is 11.8. The van der Waals surface area contributed by atoms with Crippen molar-refractivity contribution in [1.82, 2.24) is 10.2 Å². The number of imide groups is 1. The summed E-state index contributed by atoms with van der Waals surface area (Å²) >= 11 is 0. The summed E-state index contributed by atoms with van der Waals surface area (Å²) in [6, 6.07) is 0. The summed E-state index contributed by atoms with van der Waals surface area (Å²) in [5.41, 5.74) is 0. The van der Waals surface area contributed by atoms with E-state index in [0.29, 0.717) is 12.3 Å². The number of alkyl carbamates (subject to hydrolysis) is 1. The molecule has 7 heteroatoms. The molecule has 1 aliphatic rings. The zero-order chi connectivity index (χ0) is 15.0. The molecule has 114 valence electrons. The predicted octanol–water partition coefficient (Wildman–Crippen LogP) is 0.836. The average molecular weight is 286 g/mol. The lowest BCUT2D eigenvalue weighted by atomic mass is 9.92. The van der Waals surface area contributed by atoms with Crippen LogP contribution in [-0.2, 0) is 14.3 Å². The van der Waals surface area contributed by atoms with Gasteiger partial charge in [-0.15, -0.1) is 0 Å². The van der Waals surface area contributed by atoms with Crippen molar-refractivity contribution in [3.63, 3.8) is 0 Å². The van der Waals surface area contributed by atoms with Crippen LogP contribution in [0.25, 0.3) is 0 Å². The number of rotatable bonds is 6. The molecule has 0 saturated carbocycles. The second kappa shape index (κ2) is 8.52. The first kappa shape index (κ1) is 16.4. The summed E-state index contributed by atoms with van der Waals surface area (Å²) in [7, 11) is 0. The van der Waals surface area contributed by atoms with Crippen molar-refractivity contribution in [2.75, 3.05) is 26.2 Å². The topological polar surface area (TPSA) is 95.9 Å². The van der Waals surface area contributed by atoms with Crippen molar-refractivity contribution in [2.24, 2.45) is 5.92 Å². The molecule has 2 amide bonds.